The smallest absolute Gasteiger partial charge is 0.256 e. The normalized spacial score (nSPS) is 19.8. The number of pyridine rings is 2. The van der Waals surface area contributed by atoms with E-state index in [1.807, 2.05) is 12.1 Å². The number of aromatic nitrogens is 2. The van der Waals surface area contributed by atoms with Crippen LogP contribution >= 0.6 is 12.6 Å². The molecule has 0 amide bonds. The predicted octanol–water partition coefficient (Wildman–Crippen LogP) is 2.79. The second-order valence-electron chi connectivity index (χ2n) is 4.63. The van der Waals surface area contributed by atoms with Crippen molar-refractivity contribution >= 4 is 29.1 Å². The molecule has 2 aromatic heterocycles. The third-order valence-corrected chi connectivity index (χ3v) is 3.85. The van der Waals surface area contributed by atoms with Gasteiger partial charge in [-0.25, -0.2) is 0 Å². The second-order valence-corrected chi connectivity index (χ2v) is 5.36. The predicted molar refractivity (Wildman–Crippen MR) is 77.0 cm³/mol. The van der Waals surface area contributed by atoms with Crippen molar-refractivity contribution in [2.45, 2.75) is 24.5 Å². The van der Waals surface area contributed by atoms with Gasteiger partial charge in [0.05, 0.1) is 11.7 Å². The van der Waals surface area contributed by atoms with Crippen molar-refractivity contribution in [3.8, 4) is 0 Å². The van der Waals surface area contributed by atoms with Crippen LogP contribution in [0, 0.1) is 0 Å². The average Bonchev–Trinajstić information content (AvgIpc) is 2.39. The Bertz CT molecular complexity index is 675. The van der Waals surface area contributed by atoms with E-state index in [4.69, 9.17) is 0 Å². The van der Waals surface area contributed by atoms with Crippen LogP contribution in [0.3, 0.4) is 0 Å². The average molecular weight is 258 g/mol. The maximum Gasteiger partial charge on any atom is 0.256 e. The molecule has 3 rings (SSSR count). The molecule has 0 bridgehead atoms. The van der Waals surface area contributed by atoms with Crippen LogP contribution in [-0.2, 0) is 0 Å². The zero-order chi connectivity index (χ0) is 12.5. The lowest BCUT2D eigenvalue weighted by atomic mass is 9.93. The lowest BCUT2D eigenvalue weighted by Crippen LogP contribution is -2.14. The number of H-pyrrole nitrogens is 1. The largest absolute Gasteiger partial charge is 0.320 e. The minimum absolute atomic E-state index is 0.0284. The molecule has 1 atom stereocenters. The van der Waals surface area contributed by atoms with Crippen molar-refractivity contribution in [2.24, 2.45) is 0 Å². The Morgan fingerprint density at radius 2 is 2.33 bits per heavy atom. The summed E-state index contributed by atoms with van der Waals surface area (Å²) in [4.78, 5) is 19.0. The van der Waals surface area contributed by atoms with Crippen LogP contribution in [0.2, 0.25) is 0 Å². The van der Waals surface area contributed by atoms with Crippen molar-refractivity contribution in [3.05, 3.63) is 46.5 Å². The molecule has 2 aromatic rings. The van der Waals surface area contributed by atoms with E-state index < -0.39 is 0 Å². The third-order valence-electron chi connectivity index (χ3n) is 3.38. The third kappa shape index (κ3) is 2.08. The molecule has 1 aliphatic rings. The second kappa shape index (κ2) is 4.61. The fourth-order valence-corrected chi connectivity index (χ4v) is 2.58. The van der Waals surface area contributed by atoms with Crippen molar-refractivity contribution in [2.75, 3.05) is 0 Å². The first-order chi connectivity index (χ1) is 8.74. The van der Waals surface area contributed by atoms with Crippen LogP contribution in [0.4, 0.5) is 0 Å². The van der Waals surface area contributed by atoms with E-state index in [0.717, 1.165) is 41.3 Å². The molecule has 92 valence electrons. The maximum atomic E-state index is 12.1. The summed E-state index contributed by atoms with van der Waals surface area (Å²) >= 11 is 4.46. The minimum Gasteiger partial charge on any atom is -0.320 e. The van der Waals surface area contributed by atoms with E-state index in [-0.39, 0.29) is 5.56 Å². The van der Waals surface area contributed by atoms with Crippen LogP contribution in [0.5, 0.6) is 0 Å². The molecule has 1 aliphatic carbocycles. The zero-order valence-corrected chi connectivity index (χ0v) is 10.8. The van der Waals surface area contributed by atoms with Gasteiger partial charge in [0, 0.05) is 22.4 Å². The molecule has 18 heavy (non-hydrogen) atoms. The van der Waals surface area contributed by atoms with Gasteiger partial charge >= 0.3 is 0 Å². The topological polar surface area (TPSA) is 45.8 Å². The SMILES string of the molecule is O=c1[nH]c2cnccc2cc1C1=CCC(S)CC1. The quantitative estimate of drug-likeness (QED) is 0.773. The summed E-state index contributed by atoms with van der Waals surface area (Å²) in [7, 11) is 0. The van der Waals surface area contributed by atoms with E-state index in [1.54, 1.807) is 12.4 Å². The zero-order valence-electron chi connectivity index (χ0n) is 9.89. The van der Waals surface area contributed by atoms with E-state index in [0.29, 0.717) is 5.25 Å². The molecular weight excluding hydrogens is 244 g/mol. The van der Waals surface area contributed by atoms with E-state index in [1.165, 1.54) is 0 Å². The van der Waals surface area contributed by atoms with Crippen molar-refractivity contribution < 1.29 is 0 Å². The summed E-state index contributed by atoms with van der Waals surface area (Å²) in [6, 6.07) is 3.88. The number of hydrogen-bond donors (Lipinski definition) is 2. The highest BCUT2D eigenvalue weighted by Gasteiger charge is 2.14. The first-order valence-electron chi connectivity index (χ1n) is 6.08. The Balaban J connectivity index is 2.12. The van der Waals surface area contributed by atoms with Gasteiger partial charge in [-0.1, -0.05) is 6.08 Å². The van der Waals surface area contributed by atoms with Gasteiger partial charge < -0.3 is 4.98 Å². The monoisotopic (exact) mass is 258 g/mol. The Kier molecular flexibility index (Phi) is 2.96. The molecule has 0 aromatic carbocycles. The number of allylic oxidation sites excluding steroid dienone is 2. The molecule has 0 saturated carbocycles. The van der Waals surface area contributed by atoms with Gasteiger partial charge in [-0.15, -0.1) is 0 Å². The van der Waals surface area contributed by atoms with E-state index >= 15 is 0 Å². The maximum absolute atomic E-state index is 12.1. The molecule has 3 nitrogen and oxygen atoms in total. The highest BCUT2D eigenvalue weighted by molar-refractivity contribution is 7.80. The van der Waals surface area contributed by atoms with Crippen LogP contribution in [0.15, 0.2) is 35.4 Å². The molecule has 4 heteroatoms. The molecule has 2 heterocycles. The number of fused-ring (bicyclic) bond motifs is 1. The van der Waals surface area contributed by atoms with E-state index in [9.17, 15) is 4.79 Å². The molecule has 0 fully saturated rings. The summed E-state index contributed by atoms with van der Waals surface area (Å²) in [5.74, 6) is 0. The fraction of sp³-hybridized carbons (Fsp3) is 0.286. The first-order valence-corrected chi connectivity index (χ1v) is 6.60. The Labute approximate surface area is 110 Å². The Morgan fingerprint density at radius 3 is 3.11 bits per heavy atom. The van der Waals surface area contributed by atoms with Crippen molar-refractivity contribution in [1.82, 2.24) is 9.97 Å². The lowest BCUT2D eigenvalue weighted by molar-refractivity contribution is 0.764. The number of aromatic amines is 1. The number of thiol groups is 1. The number of rotatable bonds is 1. The molecule has 1 unspecified atom stereocenters. The summed E-state index contributed by atoms with van der Waals surface area (Å²) in [6.45, 7) is 0. The summed E-state index contributed by atoms with van der Waals surface area (Å²) in [5.41, 5.74) is 2.68. The summed E-state index contributed by atoms with van der Waals surface area (Å²) < 4.78 is 0. The summed E-state index contributed by atoms with van der Waals surface area (Å²) in [5, 5.41) is 1.45. The molecule has 0 spiro atoms. The number of nitrogens with zero attached hydrogens (tertiary/aromatic N) is 1. The van der Waals surface area contributed by atoms with Crippen LogP contribution in [0.1, 0.15) is 24.8 Å². The molecule has 1 N–H and O–H groups in total. The van der Waals surface area contributed by atoms with Gasteiger partial charge in [-0.05, 0) is 37.0 Å². The standard InChI is InChI=1S/C14H14N2OS/c17-14-12(9-1-3-11(18)4-2-9)7-10-5-6-15-8-13(10)16-14/h1,5-8,11,18H,2-4H2,(H,16,17). The molecule has 0 aliphatic heterocycles. The molecular formula is C14H14N2OS. The highest BCUT2D eigenvalue weighted by atomic mass is 32.1. The number of nitrogens with one attached hydrogen (secondary N) is 1. The minimum atomic E-state index is -0.0284. The van der Waals surface area contributed by atoms with Gasteiger partial charge in [0.15, 0.2) is 0 Å². The van der Waals surface area contributed by atoms with Gasteiger partial charge in [-0.2, -0.15) is 12.6 Å². The lowest BCUT2D eigenvalue weighted by Gasteiger charge is -2.17. The van der Waals surface area contributed by atoms with Gasteiger partial charge in [0.1, 0.15) is 0 Å². The Morgan fingerprint density at radius 1 is 1.44 bits per heavy atom. The number of hydrogen-bond acceptors (Lipinski definition) is 3. The van der Waals surface area contributed by atoms with Crippen LogP contribution < -0.4 is 5.56 Å². The van der Waals surface area contributed by atoms with E-state index in [2.05, 4.69) is 28.7 Å². The Hall–Kier alpha value is -1.55. The van der Waals surface area contributed by atoms with Crippen LogP contribution in [0.25, 0.3) is 16.5 Å². The van der Waals surface area contributed by atoms with Gasteiger partial charge in [0.2, 0.25) is 0 Å². The highest BCUT2D eigenvalue weighted by Crippen LogP contribution is 2.28. The molecule has 0 saturated heterocycles. The van der Waals surface area contributed by atoms with Crippen molar-refractivity contribution in [1.29, 1.82) is 0 Å². The van der Waals surface area contributed by atoms with Crippen LogP contribution in [-0.4, -0.2) is 15.2 Å². The van der Waals surface area contributed by atoms with Gasteiger partial charge in [-0.3, -0.25) is 9.78 Å². The first kappa shape index (κ1) is 11.5. The fourth-order valence-electron chi connectivity index (χ4n) is 2.35. The molecule has 0 radical (unpaired) electrons. The van der Waals surface area contributed by atoms with Gasteiger partial charge in [0.25, 0.3) is 5.56 Å². The summed E-state index contributed by atoms with van der Waals surface area (Å²) in [6.07, 6.45) is 8.45. The van der Waals surface area contributed by atoms with Crippen molar-refractivity contribution in [3.63, 3.8) is 0 Å².